The van der Waals surface area contributed by atoms with Crippen molar-refractivity contribution in [2.24, 2.45) is 5.92 Å². The molecule has 1 aliphatic rings. The van der Waals surface area contributed by atoms with Gasteiger partial charge in [0.2, 0.25) is 10.0 Å². The number of aliphatic hydroxyl groups excluding tert-OH is 1. The van der Waals surface area contributed by atoms with Gasteiger partial charge in [-0.3, -0.25) is 0 Å². The van der Waals surface area contributed by atoms with Crippen LogP contribution in [0.15, 0.2) is 23.1 Å². The van der Waals surface area contributed by atoms with Crippen molar-refractivity contribution in [3.63, 3.8) is 0 Å². The van der Waals surface area contributed by atoms with Crippen LogP contribution < -0.4 is 4.72 Å². The van der Waals surface area contributed by atoms with E-state index < -0.39 is 32.6 Å². The van der Waals surface area contributed by atoms with Gasteiger partial charge >= 0.3 is 0 Å². The average molecular weight is 305 g/mol. The SMILES string of the molecule is O=S(=O)(NC1CCCCC1CO)c1cc(F)ccc1F. The van der Waals surface area contributed by atoms with Crippen molar-refractivity contribution in [3.05, 3.63) is 29.8 Å². The summed E-state index contributed by atoms with van der Waals surface area (Å²) in [5.74, 6) is -1.99. The molecular weight excluding hydrogens is 288 g/mol. The molecule has 0 radical (unpaired) electrons. The van der Waals surface area contributed by atoms with Crippen molar-refractivity contribution < 1.29 is 22.3 Å². The molecule has 1 saturated carbocycles. The van der Waals surface area contributed by atoms with Gasteiger partial charge in [-0.1, -0.05) is 12.8 Å². The summed E-state index contributed by atoms with van der Waals surface area (Å²) in [6.07, 6.45) is 3.07. The Hall–Kier alpha value is -1.05. The smallest absolute Gasteiger partial charge is 0.243 e. The van der Waals surface area contributed by atoms with E-state index >= 15 is 0 Å². The molecule has 112 valence electrons. The minimum absolute atomic E-state index is 0.126. The zero-order chi connectivity index (χ0) is 14.8. The first-order valence-electron chi connectivity index (χ1n) is 6.52. The van der Waals surface area contributed by atoms with Crippen molar-refractivity contribution in [3.8, 4) is 0 Å². The lowest BCUT2D eigenvalue weighted by molar-refractivity contribution is 0.164. The zero-order valence-electron chi connectivity index (χ0n) is 10.9. The Morgan fingerprint density at radius 2 is 1.95 bits per heavy atom. The van der Waals surface area contributed by atoms with E-state index in [1.807, 2.05) is 0 Å². The van der Waals surface area contributed by atoms with Crippen LogP contribution >= 0.6 is 0 Å². The van der Waals surface area contributed by atoms with E-state index in [0.717, 1.165) is 31.4 Å². The van der Waals surface area contributed by atoms with Gasteiger partial charge in [0.15, 0.2) is 0 Å². The molecule has 20 heavy (non-hydrogen) atoms. The zero-order valence-corrected chi connectivity index (χ0v) is 11.7. The van der Waals surface area contributed by atoms with E-state index in [2.05, 4.69) is 4.72 Å². The number of hydrogen-bond acceptors (Lipinski definition) is 3. The number of aliphatic hydroxyl groups is 1. The largest absolute Gasteiger partial charge is 0.396 e. The highest BCUT2D eigenvalue weighted by atomic mass is 32.2. The third-order valence-electron chi connectivity index (χ3n) is 3.63. The van der Waals surface area contributed by atoms with Crippen molar-refractivity contribution in [2.75, 3.05) is 6.61 Å². The predicted molar refractivity (Wildman–Crippen MR) is 69.5 cm³/mol. The first-order valence-corrected chi connectivity index (χ1v) is 8.00. The van der Waals surface area contributed by atoms with Gasteiger partial charge in [0.25, 0.3) is 0 Å². The van der Waals surface area contributed by atoms with E-state index in [1.165, 1.54) is 0 Å². The second-order valence-electron chi connectivity index (χ2n) is 5.03. The van der Waals surface area contributed by atoms with Crippen molar-refractivity contribution >= 4 is 10.0 Å². The number of rotatable bonds is 4. The molecule has 2 N–H and O–H groups in total. The highest BCUT2D eigenvalue weighted by Crippen LogP contribution is 2.26. The third kappa shape index (κ3) is 3.34. The molecule has 0 saturated heterocycles. The molecule has 2 rings (SSSR count). The summed E-state index contributed by atoms with van der Waals surface area (Å²) >= 11 is 0. The summed E-state index contributed by atoms with van der Waals surface area (Å²) in [6, 6.07) is 1.87. The Balaban J connectivity index is 2.24. The molecule has 0 aliphatic heterocycles. The maximum absolute atomic E-state index is 13.6. The van der Waals surface area contributed by atoms with Crippen LogP contribution in [-0.4, -0.2) is 26.2 Å². The van der Waals surface area contributed by atoms with E-state index in [4.69, 9.17) is 0 Å². The van der Waals surface area contributed by atoms with Crippen LogP contribution in [0.3, 0.4) is 0 Å². The Kier molecular flexibility index (Phi) is 4.72. The molecule has 0 spiro atoms. The Bertz CT molecular complexity index is 577. The van der Waals surface area contributed by atoms with Crippen LogP contribution in [0.25, 0.3) is 0 Å². The first kappa shape index (κ1) is 15.3. The number of benzene rings is 1. The highest BCUT2D eigenvalue weighted by Gasteiger charge is 2.30. The van der Waals surface area contributed by atoms with Crippen molar-refractivity contribution in [1.82, 2.24) is 4.72 Å². The molecule has 1 aromatic carbocycles. The predicted octanol–water partition coefficient (Wildman–Crippen LogP) is 1.79. The van der Waals surface area contributed by atoms with Gasteiger partial charge in [0.05, 0.1) is 0 Å². The lowest BCUT2D eigenvalue weighted by atomic mass is 9.86. The molecule has 7 heteroatoms. The monoisotopic (exact) mass is 305 g/mol. The van der Waals surface area contributed by atoms with Crippen molar-refractivity contribution in [1.29, 1.82) is 0 Å². The molecule has 2 unspecified atom stereocenters. The lowest BCUT2D eigenvalue weighted by Crippen LogP contribution is -2.43. The van der Waals surface area contributed by atoms with E-state index in [-0.39, 0.29) is 12.5 Å². The van der Waals surface area contributed by atoms with E-state index in [0.29, 0.717) is 12.5 Å². The normalized spacial score (nSPS) is 23.8. The molecular formula is C13H17F2NO3S. The maximum atomic E-state index is 13.6. The fourth-order valence-electron chi connectivity index (χ4n) is 2.53. The summed E-state index contributed by atoms with van der Waals surface area (Å²) in [4.78, 5) is -0.695. The fraction of sp³-hybridized carbons (Fsp3) is 0.538. The van der Waals surface area contributed by atoms with E-state index in [1.54, 1.807) is 0 Å². The van der Waals surface area contributed by atoms with Crippen LogP contribution in [0.2, 0.25) is 0 Å². The summed E-state index contributed by atoms with van der Waals surface area (Å²) < 4.78 is 53.3. The van der Waals surface area contributed by atoms with Gasteiger partial charge < -0.3 is 5.11 Å². The average Bonchev–Trinajstić information content (AvgIpc) is 2.41. The Labute approximate surface area is 116 Å². The fourth-order valence-corrected chi connectivity index (χ4v) is 3.96. The molecule has 0 amide bonds. The lowest BCUT2D eigenvalue weighted by Gasteiger charge is -2.30. The minimum atomic E-state index is -4.13. The first-order chi connectivity index (χ1) is 9.44. The number of sulfonamides is 1. The Morgan fingerprint density at radius 1 is 1.25 bits per heavy atom. The summed E-state index contributed by atoms with van der Waals surface area (Å²) in [7, 11) is -4.13. The van der Waals surface area contributed by atoms with Gasteiger partial charge in [-0.05, 0) is 37.0 Å². The highest BCUT2D eigenvalue weighted by molar-refractivity contribution is 7.89. The summed E-state index contributed by atoms with van der Waals surface area (Å²) in [5, 5.41) is 9.26. The van der Waals surface area contributed by atoms with Gasteiger partial charge in [0.1, 0.15) is 16.5 Å². The quantitative estimate of drug-likeness (QED) is 0.891. The summed E-state index contributed by atoms with van der Waals surface area (Å²) in [6.45, 7) is -0.126. The van der Waals surface area contributed by atoms with Crippen LogP contribution in [-0.2, 0) is 10.0 Å². The second-order valence-corrected chi connectivity index (χ2v) is 6.71. The molecule has 0 bridgehead atoms. The van der Waals surface area contributed by atoms with Gasteiger partial charge in [-0.25, -0.2) is 21.9 Å². The standard InChI is InChI=1S/C13H17F2NO3S/c14-10-5-6-11(15)13(7-10)20(18,19)16-12-4-2-1-3-9(12)8-17/h5-7,9,12,16-17H,1-4,8H2. The number of nitrogens with one attached hydrogen (secondary N) is 1. The summed E-state index contributed by atoms with van der Waals surface area (Å²) in [5.41, 5.74) is 0. The van der Waals surface area contributed by atoms with Crippen molar-refractivity contribution in [2.45, 2.75) is 36.6 Å². The maximum Gasteiger partial charge on any atom is 0.243 e. The molecule has 0 heterocycles. The van der Waals surface area contributed by atoms with Crippen LogP contribution in [0, 0.1) is 17.6 Å². The molecule has 1 fully saturated rings. The third-order valence-corrected chi connectivity index (χ3v) is 5.14. The van der Waals surface area contributed by atoms with Crippen LogP contribution in [0.4, 0.5) is 8.78 Å². The van der Waals surface area contributed by atoms with E-state index in [9.17, 15) is 22.3 Å². The number of hydrogen-bond donors (Lipinski definition) is 2. The molecule has 4 nitrogen and oxygen atoms in total. The van der Waals surface area contributed by atoms with Gasteiger partial charge in [-0.15, -0.1) is 0 Å². The second kappa shape index (κ2) is 6.15. The minimum Gasteiger partial charge on any atom is -0.396 e. The van der Waals surface area contributed by atoms with Crippen LogP contribution in [0.5, 0.6) is 0 Å². The number of halogens is 2. The molecule has 2 atom stereocenters. The topological polar surface area (TPSA) is 66.4 Å². The van der Waals surface area contributed by atoms with Crippen LogP contribution in [0.1, 0.15) is 25.7 Å². The van der Waals surface area contributed by atoms with Gasteiger partial charge in [0, 0.05) is 12.6 Å². The molecule has 1 aromatic rings. The van der Waals surface area contributed by atoms with Gasteiger partial charge in [-0.2, -0.15) is 0 Å². The molecule has 0 aromatic heterocycles. The Morgan fingerprint density at radius 3 is 2.65 bits per heavy atom. The molecule has 1 aliphatic carbocycles.